The van der Waals surface area contributed by atoms with Crippen LogP contribution in [0.3, 0.4) is 0 Å². The van der Waals surface area contributed by atoms with Crippen LogP contribution in [0.25, 0.3) is 0 Å². The van der Waals surface area contributed by atoms with Gasteiger partial charge in [0.05, 0.1) is 12.5 Å². The number of carbonyl (C=O) groups excluding carboxylic acids is 1. The molecule has 2 nitrogen and oxygen atoms in total. The fraction of sp³-hybridized carbons (Fsp3) is 0.900. The summed E-state index contributed by atoms with van der Waals surface area (Å²) >= 11 is 0. The molecule has 1 aliphatic rings. The average molecular weight is 200 g/mol. The lowest BCUT2D eigenvalue weighted by Crippen LogP contribution is -2.34. The minimum absolute atomic E-state index is 0.0184. The molecule has 13 heavy (non-hydrogen) atoms. The molecule has 0 aliphatic carbocycles. The van der Waals surface area contributed by atoms with E-state index in [0.717, 1.165) is 6.42 Å². The zero-order valence-corrected chi connectivity index (χ0v) is 10.1. The lowest BCUT2D eigenvalue weighted by molar-refractivity contribution is -0.146. The van der Waals surface area contributed by atoms with Crippen LogP contribution < -0.4 is 0 Å². The van der Waals surface area contributed by atoms with Gasteiger partial charge in [-0.15, -0.1) is 0 Å². The summed E-state index contributed by atoms with van der Waals surface area (Å²) in [5, 5.41) is 0. The van der Waals surface area contributed by atoms with Gasteiger partial charge in [0.2, 0.25) is 0 Å². The predicted molar refractivity (Wildman–Crippen MR) is 56.5 cm³/mol. The molecule has 1 saturated heterocycles. The largest absolute Gasteiger partial charge is 0.465 e. The van der Waals surface area contributed by atoms with Gasteiger partial charge < -0.3 is 4.74 Å². The standard InChI is InChI=1S/C10H20O2Si/c1-8-9(13(2,3)4)6-5-7-12-10(8)11/h8-9H,5-7H2,1-4H3/t8-,9+/m1/s1. The molecule has 0 aromatic carbocycles. The quantitative estimate of drug-likeness (QED) is 0.480. The molecule has 3 heteroatoms. The number of ether oxygens (including phenoxy) is 1. The van der Waals surface area contributed by atoms with Crippen molar-refractivity contribution in [1.82, 2.24) is 0 Å². The zero-order valence-electron chi connectivity index (χ0n) is 9.09. The molecule has 2 atom stereocenters. The molecule has 0 unspecified atom stereocenters. The van der Waals surface area contributed by atoms with Gasteiger partial charge in [0.25, 0.3) is 0 Å². The van der Waals surface area contributed by atoms with Gasteiger partial charge in [0, 0.05) is 8.07 Å². The number of hydrogen-bond acceptors (Lipinski definition) is 2. The van der Waals surface area contributed by atoms with Crippen molar-refractivity contribution < 1.29 is 9.53 Å². The molecule has 0 saturated carbocycles. The topological polar surface area (TPSA) is 26.3 Å². The van der Waals surface area contributed by atoms with E-state index in [9.17, 15) is 4.79 Å². The fourth-order valence-corrected chi connectivity index (χ4v) is 4.91. The molecule has 0 radical (unpaired) electrons. The monoisotopic (exact) mass is 200 g/mol. The molecule has 1 rings (SSSR count). The average Bonchev–Trinajstić information content (AvgIpc) is 2.14. The van der Waals surface area contributed by atoms with Gasteiger partial charge in [-0.05, 0) is 18.4 Å². The van der Waals surface area contributed by atoms with Gasteiger partial charge in [-0.2, -0.15) is 0 Å². The number of carbonyl (C=O) groups is 1. The predicted octanol–water partition coefficient (Wildman–Crippen LogP) is 2.67. The molecule has 1 aliphatic heterocycles. The lowest BCUT2D eigenvalue weighted by Gasteiger charge is -2.30. The molecular formula is C10H20O2Si. The maximum Gasteiger partial charge on any atom is 0.308 e. The van der Waals surface area contributed by atoms with Crippen molar-refractivity contribution in [2.45, 2.75) is 44.9 Å². The number of esters is 1. The molecule has 0 aromatic heterocycles. The Balaban J connectivity index is 2.76. The van der Waals surface area contributed by atoms with Crippen molar-refractivity contribution >= 4 is 14.0 Å². The van der Waals surface area contributed by atoms with E-state index >= 15 is 0 Å². The highest BCUT2D eigenvalue weighted by Crippen LogP contribution is 2.36. The van der Waals surface area contributed by atoms with E-state index in [2.05, 4.69) is 19.6 Å². The summed E-state index contributed by atoms with van der Waals surface area (Å²) in [6, 6.07) is 0. The zero-order chi connectivity index (χ0) is 10.1. The molecule has 0 amide bonds. The summed E-state index contributed by atoms with van der Waals surface area (Å²) in [6.07, 6.45) is 2.22. The Morgan fingerprint density at radius 2 is 2.00 bits per heavy atom. The van der Waals surface area contributed by atoms with Crippen LogP contribution in [-0.2, 0) is 9.53 Å². The highest BCUT2D eigenvalue weighted by molar-refractivity contribution is 6.77. The van der Waals surface area contributed by atoms with E-state index < -0.39 is 8.07 Å². The van der Waals surface area contributed by atoms with Gasteiger partial charge >= 0.3 is 5.97 Å². The number of hydrogen-bond donors (Lipinski definition) is 0. The van der Waals surface area contributed by atoms with Crippen LogP contribution in [0.2, 0.25) is 25.2 Å². The van der Waals surface area contributed by atoms with Crippen molar-refractivity contribution in [2.24, 2.45) is 5.92 Å². The molecule has 0 bridgehead atoms. The summed E-state index contributed by atoms with van der Waals surface area (Å²) in [7, 11) is -1.19. The Bertz CT molecular complexity index is 196. The minimum Gasteiger partial charge on any atom is -0.465 e. The molecule has 0 aromatic rings. The third kappa shape index (κ3) is 2.56. The first-order valence-corrected chi connectivity index (χ1v) is 8.67. The van der Waals surface area contributed by atoms with Crippen LogP contribution in [0.4, 0.5) is 0 Å². The lowest BCUT2D eigenvalue weighted by atomic mass is 10.1. The van der Waals surface area contributed by atoms with E-state index in [1.807, 2.05) is 6.92 Å². The van der Waals surface area contributed by atoms with Gasteiger partial charge in [-0.3, -0.25) is 4.79 Å². The van der Waals surface area contributed by atoms with Crippen LogP contribution >= 0.6 is 0 Å². The first-order chi connectivity index (χ1) is 5.93. The summed E-state index contributed by atoms with van der Waals surface area (Å²) < 4.78 is 5.12. The molecule has 0 N–H and O–H groups in total. The van der Waals surface area contributed by atoms with Gasteiger partial charge in [0.15, 0.2) is 0 Å². The van der Waals surface area contributed by atoms with E-state index in [0.29, 0.717) is 12.1 Å². The van der Waals surface area contributed by atoms with Gasteiger partial charge in [-0.1, -0.05) is 26.6 Å². The maximum atomic E-state index is 11.5. The SMILES string of the molecule is C[C@H]1C(=O)OCCC[C@@H]1[Si](C)(C)C. The van der Waals surface area contributed by atoms with Crippen LogP contribution in [0, 0.1) is 5.92 Å². The third-order valence-electron chi connectivity index (χ3n) is 2.99. The van der Waals surface area contributed by atoms with Gasteiger partial charge in [-0.25, -0.2) is 0 Å². The van der Waals surface area contributed by atoms with Crippen molar-refractivity contribution in [3.8, 4) is 0 Å². The first-order valence-electron chi connectivity index (χ1n) is 5.09. The van der Waals surface area contributed by atoms with Crippen molar-refractivity contribution in [3.05, 3.63) is 0 Å². The minimum atomic E-state index is -1.19. The highest BCUT2D eigenvalue weighted by Gasteiger charge is 2.36. The summed E-state index contributed by atoms with van der Waals surface area (Å²) in [6.45, 7) is 9.67. The molecule has 76 valence electrons. The fourth-order valence-electron chi connectivity index (χ4n) is 2.20. The highest BCUT2D eigenvalue weighted by atomic mass is 28.3. The number of rotatable bonds is 1. The van der Waals surface area contributed by atoms with E-state index in [1.165, 1.54) is 6.42 Å². The molecular weight excluding hydrogens is 180 g/mol. The summed E-state index contributed by atoms with van der Waals surface area (Å²) in [5.41, 5.74) is 0.600. The van der Waals surface area contributed by atoms with Crippen molar-refractivity contribution in [1.29, 1.82) is 0 Å². The number of cyclic esters (lactones) is 1. The second-order valence-corrected chi connectivity index (χ2v) is 10.5. The Kier molecular flexibility index (Phi) is 3.17. The normalized spacial score (nSPS) is 30.9. The van der Waals surface area contributed by atoms with E-state index in [4.69, 9.17) is 4.74 Å². The maximum absolute atomic E-state index is 11.5. The Labute approximate surface area is 81.7 Å². The van der Waals surface area contributed by atoms with E-state index in [1.54, 1.807) is 0 Å². The van der Waals surface area contributed by atoms with Crippen LogP contribution in [0.5, 0.6) is 0 Å². The van der Waals surface area contributed by atoms with Gasteiger partial charge in [0.1, 0.15) is 0 Å². The Morgan fingerprint density at radius 3 is 2.54 bits per heavy atom. The second kappa shape index (κ2) is 3.82. The first kappa shape index (κ1) is 10.8. The molecule has 1 fully saturated rings. The van der Waals surface area contributed by atoms with Crippen LogP contribution in [0.15, 0.2) is 0 Å². The van der Waals surface area contributed by atoms with Crippen molar-refractivity contribution in [3.63, 3.8) is 0 Å². The van der Waals surface area contributed by atoms with Crippen molar-refractivity contribution in [2.75, 3.05) is 6.61 Å². The van der Waals surface area contributed by atoms with Crippen LogP contribution in [-0.4, -0.2) is 20.7 Å². The second-order valence-electron chi connectivity index (χ2n) is 5.07. The summed E-state index contributed by atoms with van der Waals surface area (Å²) in [4.78, 5) is 11.5. The smallest absolute Gasteiger partial charge is 0.308 e. The summed E-state index contributed by atoms with van der Waals surface area (Å²) in [5.74, 6) is 0.138. The third-order valence-corrected chi connectivity index (χ3v) is 6.00. The molecule has 1 heterocycles. The van der Waals surface area contributed by atoms with E-state index in [-0.39, 0.29) is 11.9 Å². The molecule has 0 spiro atoms. The van der Waals surface area contributed by atoms with Crippen LogP contribution in [0.1, 0.15) is 19.8 Å². The Morgan fingerprint density at radius 1 is 1.38 bits per heavy atom. The Hall–Kier alpha value is -0.313.